The average molecular weight is 181 g/mol. The van der Waals surface area contributed by atoms with E-state index in [1.54, 1.807) is 0 Å². The molecule has 1 aliphatic heterocycles. The molecule has 0 aromatic carbocycles. The summed E-state index contributed by atoms with van der Waals surface area (Å²) in [6, 6.07) is 1.82. The molecule has 13 heavy (non-hydrogen) atoms. The fraction of sp³-hybridized carbons (Fsp3) is 1.00. The molecule has 1 aliphatic carbocycles. The standard InChI is InChI=1S/C12H23N/c1-12(2,3)11-6-4-5-9-13(11)10-7-8-10/h10-11H,4-9H2,1-3H3. The molecule has 0 N–H and O–H groups in total. The van der Waals surface area contributed by atoms with Crippen LogP contribution in [-0.2, 0) is 0 Å². The summed E-state index contributed by atoms with van der Waals surface area (Å²) in [7, 11) is 0. The molecular weight excluding hydrogens is 158 g/mol. The number of piperidine rings is 1. The SMILES string of the molecule is CC(C)(C)C1CCCCN1C1CC1. The Morgan fingerprint density at radius 2 is 1.69 bits per heavy atom. The first-order valence-corrected chi connectivity index (χ1v) is 5.85. The Balaban J connectivity index is 2.03. The highest BCUT2D eigenvalue weighted by Gasteiger charge is 2.39. The fourth-order valence-electron chi connectivity index (χ4n) is 2.73. The zero-order chi connectivity index (χ0) is 9.47. The van der Waals surface area contributed by atoms with Crippen LogP contribution in [0.1, 0.15) is 52.9 Å². The van der Waals surface area contributed by atoms with E-state index in [4.69, 9.17) is 0 Å². The minimum atomic E-state index is 0.489. The molecule has 2 rings (SSSR count). The Labute approximate surface area is 82.5 Å². The molecule has 1 unspecified atom stereocenters. The Kier molecular flexibility index (Phi) is 2.39. The maximum absolute atomic E-state index is 2.80. The lowest BCUT2D eigenvalue weighted by Crippen LogP contribution is -2.48. The Bertz CT molecular complexity index is 176. The highest BCUT2D eigenvalue weighted by molar-refractivity contribution is 4.94. The van der Waals surface area contributed by atoms with E-state index in [0.29, 0.717) is 5.41 Å². The number of nitrogens with zero attached hydrogens (tertiary/aromatic N) is 1. The van der Waals surface area contributed by atoms with Crippen molar-refractivity contribution in [3.8, 4) is 0 Å². The second kappa shape index (κ2) is 3.27. The molecule has 0 aromatic rings. The molecule has 1 nitrogen and oxygen atoms in total. The largest absolute Gasteiger partial charge is 0.297 e. The third-order valence-electron chi connectivity index (χ3n) is 3.56. The van der Waals surface area contributed by atoms with Gasteiger partial charge in [0, 0.05) is 12.1 Å². The third-order valence-corrected chi connectivity index (χ3v) is 3.56. The highest BCUT2D eigenvalue weighted by atomic mass is 15.2. The van der Waals surface area contributed by atoms with Crippen molar-refractivity contribution in [3.63, 3.8) is 0 Å². The molecule has 1 heterocycles. The first kappa shape index (κ1) is 9.51. The van der Waals surface area contributed by atoms with Gasteiger partial charge in [0.25, 0.3) is 0 Å². The van der Waals surface area contributed by atoms with Crippen LogP contribution >= 0.6 is 0 Å². The van der Waals surface area contributed by atoms with Gasteiger partial charge in [0.05, 0.1) is 0 Å². The van der Waals surface area contributed by atoms with Crippen LogP contribution in [0.25, 0.3) is 0 Å². The molecule has 2 aliphatic rings. The molecule has 76 valence electrons. The first-order chi connectivity index (χ1) is 6.09. The Morgan fingerprint density at radius 1 is 1.00 bits per heavy atom. The van der Waals surface area contributed by atoms with Crippen LogP contribution in [0.4, 0.5) is 0 Å². The fourth-order valence-corrected chi connectivity index (χ4v) is 2.73. The van der Waals surface area contributed by atoms with Gasteiger partial charge in [-0.2, -0.15) is 0 Å². The van der Waals surface area contributed by atoms with Crippen molar-refractivity contribution in [2.45, 2.75) is 65.0 Å². The molecule has 0 aromatic heterocycles. The van der Waals surface area contributed by atoms with E-state index in [1.807, 2.05) is 0 Å². The molecule has 1 atom stereocenters. The molecule has 1 saturated carbocycles. The van der Waals surface area contributed by atoms with E-state index in [0.717, 1.165) is 12.1 Å². The van der Waals surface area contributed by atoms with Gasteiger partial charge in [-0.1, -0.05) is 27.2 Å². The van der Waals surface area contributed by atoms with Crippen LogP contribution in [0.15, 0.2) is 0 Å². The van der Waals surface area contributed by atoms with Crippen LogP contribution in [-0.4, -0.2) is 23.5 Å². The van der Waals surface area contributed by atoms with Crippen molar-refractivity contribution in [1.82, 2.24) is 4.90 Å². The number of hydrogen-bond acceptors (Lipinski definition) is 1. The van der Waals surface area contributed by atoms with Crippen molar-refractivity contribution in [3.05, 3.63) is 0 Å². The molecule has 0 amide bonds. The van der Waals surface area contributed by atoms with E-state index in [9.17, 15) is 0 Å². The summed E-state index contributed by atoms with van der Waals surface area (Å²) in [5.41, 5.74) is 0.489. The summed E-state index contributed by atoms with van der Waals surface area (Å²) in [6.07, 6.45) is 7.24. The van der Waals surface area contributed by atoms with Crippen LogP contribution in [0.5, 0.6) is 0 Å². The molecular formula is C12H23N. The Morgan fingerprint density at radius 3 is 2.23 bits per heavy atom. The van der Waals surface area contributed by atoms with E-state index >= 15 is 0 Å². The molecule has 2 fully saturated rings. The second-order valence-corrected chi connectivity index (χ2v) is 5.85. The molecule has 1 heteroatoms. The van der Waals surface area contributed by atoms with Gasteiger partial charge in [0.2, 0.25) is 0 Å². The lowest BCUT2D eigenvalue weighted by Gasteiger charge is -2.43. The summed E-state index contributed by atoms with van der Waals surface area (Å²) < 4.78 is 0. The van der Waals surface area contributed by atoms with Crippen molar-refractivity contribution >= 4 is 0 Å². The zero-order valence-electron chi connectivity index (χ0n) is 9.34. The molecule has 1 saturated heterocycles. The number of rotatable bonds is 1. The summed E-state index contributed by atoms with van der Waals surface area (Å²) in [5.74, 6) is 0. The topological polar surface area (TPSA) is 3.24 Å². The van der Waals surface area contributed by atoms with Crippen molar-refractivity contribution in [2.24, 2.45) is 5.41 Å². The van der Waals surface area contributed by atoms with E-state index in [1.165, 1.54) is 38.6 Å². The summed E-state index contributed by atoms with van der Waals surface area (Å²) in [4.78, 5) is 2.80. The third kappa shape index (κ3) is 2.07. The Hall–Kier alpha value is -0.0400. The molecule has 0 radical (unpaired) electrons. The van der Waals surface area contributed by atoms with Crippen LogP contribution in [0.2, 0.25) is 0 Å². The van der Waals surface area contributed by atoms with E-state index in [2.05, 4.69) is 25.7 Å². The van der Waals surface area contributed by atoms with Gasteiger partial charge in [0.1, 0.15) is 0 Å². The van der Waals surface area contributed by atoms with Gasteiger partial charge < -0.3 is 0 Å². The monoisotopic (exact) mass is 181 g/mol. The zero-order valence-corrected chi connectivity index (χ0v) is 9.34. The van der Waals surface area contributed by atoms with Gasteiger partial charge in [-0.05, 0) is 37.6 Å². The lowest BCUT2D eigenvalue weighted by molar-refractivity contribution is 0.0569. The predicted octanol–water partition coefficient (Wildman–Crippen LogP) is 3.05. The van der Waals surface area contributed by atoms with E-state index < -0.39 is 0 Å². The summed E-state index contributed by atoms with van der Waals surface area (Å²) in [5, 5.41) is 0. The average Bonchev–Trinajstić information content (AvgIpc) is 2.85. The quantitative estimate of drug-likeness (QED) is 0.601. The minimum Gasteiger partial charge on any atom is -0.297 e. The minimum absolute atomic E-state index is 0.489. The van der Waals surface area contributed by atoms with Crippen molar-refractivity contribution in [1.29, 1.82) is 0 Å². The van der Waals surface area contributed by atoms with Crippen molar-refractivity contribution < 1.29 is 0 Å². The summed E-state index contributed by atoms with van der Waals surface area (Å²) >= 11 is 0. The lowest BCUT2D eigenvalue weighted by atomic mass is 9.80. The smallest absolute Gasteiger partial charge is 0.0147 e. The van der Waals surface area contributed by atoms with Gasteiger partial charge >= 0.3 is 0 Å². The van der Waals surface area contributed by atoms with Crippen LogP contribution < -0.4 is 0 Å². The number of likely N-dealkylation sites (tertiary alicyclic amines) is 1. The van der Waals surface area contributed by atoms with Crippen molar-refractivity contribution in [2.75, 3.05) is 6.54 Å². The van der Waals surface area contributed by atoms with E-state index in [-0.39, 0.29) is 0 Å². The van der Waals surface area contributed by atoms with Gasteiger partial charge in [-0.15, -0.1) is 0 Å². The molecule has 0 spiro atoms. The van der Waals surface area contributed by atoms with Crippen LogP contribution in [0.3, 0.4) is 0 Å². The first-order valence-electron chi connectivity index (χ1n) is 5.85. The van der Waals surface area contributed by atoms with Crippen LogP contribution in [0, 0.1) is 5.41 Å². The maximum Gasteiger partial charge on any atom is 0.0147 e. The van der Waals surface area contributed by atoms with Gasteiger partial charge in [-0.3, -0.25) is 4.90 Å². The second-order valence-electron chi connectivity index (χ2n) is 5.85. The number of hydrogen-bond donors (Lipinski definition) is 0. The predicted molar refractivity (Wildman–Crippen MR) is 56.8 cm³/mol. The highest BCUT2D eigenvalue weighted by Crippen LogP contribution is 2.39. The normalized spacial score (nSPS) is 32.1. The van der Waals surface area contributed by atoms with Gasteiger partial charge in [-0.25, -0.2) is 0 Å². The molecule has 0 bridgehead atoms. The van der Waals surface area contributed by atoms with Gasteiger partial charge in [0.15, 0.2) is 0 Å². The summed E-state index contributed by atoms with van der Waals surface area (Å²) in [6.45, 7) is 8.57. The maximum atomic E-state index is 2.80.